The van der Waals surface area contributed by atoms with Crippen LogP contribution in [0.5, 0.6) is 5.75 Å². The van der Waals surface area contributed by atoms with Crippen molar-refractivity contribution < 1.29 is 18.1 Å². The fraction of sp³-hybridized carbons (Fsp3) is 0.263. The van der Waals surface area contributed by atoms with Crippen molar-refractivity contribution in [3.05, 3.63) is 53.9 Å². The minimum Gasteiger partial charge on any atom is -0.481 e. The molecule has 136 valence electrons. The predicted molar refractivity (Wildman–Crippen MR) is 92.5 cm³/mol. The van der Waals surface area contributed by atoms with Gasteiger partial charge in [-0.25, -0.2) is 9.37 Å². The van der Waals surface area contributed by atoms with Crippen molar-refractivity contribution in [2.45, 2.75) is 31.8 Å². The maximum absolute atomic E-state index is 13.0. The maximum atomic E-state index is 13.0. The third-order valence-electron chi connectivity index (χ3n) is 4.48. The van der Waals surface area contributed by atoms with Crippen LogP contribution in [0.15, 0.2) is 45.5 Å². The monoisotopic (exact) mass is 366 g/mol. The highest BCUT2D eigenvalue weighted by Crippen LogP contribution is 2.42. The molecule has 27 heavy (non-hydrogen) atoms. The lowest BCUT2D eigenvalue weighted by atomic mass is 10.1. The molecule has 7 nitrogen and oxygen atoms in total. The summed E-state index contributed by atoms with van der Waals surface area (Å²) in [4.78, 5) is 4.29. The van der Waals surface area contributed by atoms with E-state index in [9.17, 15) is 4.39 Å². The first-order chi connectivity index (χ1) is 13.2. The Balaban J connectivity index is 1.40. The molecular weight excluding hydrogens is 351 g/mol. The van der Waals surface area contributed by atoms with E-state index in [-0.39, 0.29) is 5.82 Å². The zero-order chi connectivity index (χ0) is 18.4. The van der Waals surface area contributed by atoms with E-state index in [0.29, 0.717) is 34.7 Å². The second-order valence-corrected chi connectivity index (χ2v) is 6.58. The number of hydrogen-bond donors (Lipinski definition) is 0. The number of hydrogen-bond acceptors (Lipinski definition) is 7. The highest BCUT2D eigenvalue weighted by atomic mass is 19.1. The summed E-state index contributed by atoms with van der Waals surface area (Å²) in [5, 5.41) is 13.2. The lowest BCUT2D eigenvalue weighted by molar-refractivity contribution is 0.189. The number of ether oxygens (including phenoxy) is 1. The SMILES string of the molecule is CC(Oc1ccc(F)cc1)c1nnc(-c2cnc3onc(C4CC4)c3c2)o1. The predicted octanol–water partition coefficient (Wildman–Crippen LogP) is 4.43. The summed E-state index contributed by atoms with van der Waals surface area (Å²) in [5.74, 6) is 1.31. The van der Waals surface area contributed by atoms with Crippen LogP contribution in [0.3, 0.4) is 0 Å². The molecule has 1 unspecified atom stereocenters. The van der Waals surface area contributed by atoms with Gasteiger partial charge in [0.15, 0.2) is 6.10 Å². The van der Waals surface area contributed by atoms with Gasteiger partial charge >= 0.3 is 0 Å². The highest BCUT2D eigenvalue weighted by Gasteiger charge is 2.29. The molecule has 1 aliphatic carbocycles. The molecule has 0 amide bonds. The zero-order valence-corrected chi connectivity index (χ0v) is 14.4. The summed E-state index contributed by atoms with van der Waals surface area (Å²) in [6.45, 7) is 1.79. The fourth-order valence-electron chi connectivity index (χ4n) is 2.90. The van der Waals surface area contributed by atoms with Crippen LogP contribution in [0.4, 0.5) is 4.39 Å². The molecule has 0 bridgehead atoms. The number of benzene rings is 1. The van der Waals surface area contributed by atoms with E-state index in [0.717, 1.165) is 23.9 Å². The molecule has 3 aromatic heterocycles. The van der Waals surface area contributed by atoms with Crippen molar-refractivity contribution in [1.29, 1.82) is 0 Å². The summed E-state index contributed by atoms with van der Waals surface area (Å²) in [5.41, 5.74) is 2.14. The molecule has 8 heteroatoms. The van der Waals surface area contributed by atoms with E-state index in [2.05, 4.69) is 20.3 Å². The van der Waals surface area contributed by atoms with Crippen molar-refractivity contribution in [2.24, 2.45) is 0 Å². The summed E-state index contributed by atoms with van der Waals surface area (Å²) in [7, 11) is 0. The smallest absolute Gasteiger partial charge is 0.257 e. The molecule has 0 spiro atoms. The number of aromatic nitrogens is 4. The van der Waals surface area contributed by atoms with Crippen LogP contribution in [-0.2, 0) is 0 Å². The number of fused-ring (bicyclic) bond motifs is 1. The minimum absolute atomic E-state index is 0.321. The third kappa shape index (κ3) is 3.03. The van der Waals surface area contributed by atoms with Gasteiger partial charge < -0.3 is 13.7 Å². The molecular formula is C19H15FN4O3. The van der Waals surface area contributed by atoms with Gasteiger partial charge in [0.25, 0.3) is 11.6 Å². The summed E-state index contributed by atoms with van der Waals surface area (Å²) < 4.78 is 29.8. The van der Waals surface area contributed by atoms with E-state index in [1.54, 1.807) is 25.3 Å². The van der Waals surface area contributed by atoms with Gasteiger partial charge in [-0.1, -0.05) is 5.16 Å². The Bertz CT molecular complexity index is 1100. The van der Waals surface area contributed by atoms with Gasteiger partial charge in [0, 0.05) is 12.1 Å². The Morgan fingerprint density at radius 1 is 1.19 bits per heavy atom. The van der Waals surface area contributed by atoms with E-state index in [1.165, 1.54) is 12.1 Å². The molecule has 0 N–H and O–H groups in total. The zero-order valence-electron chi connectivity index (χ0n) is 14.4. The van der Waals surface area contributed by atoms with Gasteiger partial charge in [-0.3, -0.25) is 0 Å². The number of pyridine rings is 1. The van der Waals surface area contributed by atoms with Crippen molar-refractivity contribution in [3.8, 4) is 17.2 Å². The van der Waals surface area contributed by atoms with Crippen LogP contribution in [-0.4, -0.2) is 20.3 Å². The quantitative estimate of drug-likeness (QED) is 0.516. The second kappa shape index (κ2) is 6.15. The number of halogens is 1. The van der Waals surface area contributed by atoms with E-state index >= 15 is 0 Å². The molecule has 1 saturated carbocycles. The molecule has 4 aromatic rings. The highest BCUT2D eigenvalue weighted by molar-refractivity contribution is 5.81. The first-order valence-electron chi connectivity index (χ1n) is 8.68. The van der Waals surface area contributed by atoms with Gasteiger partial charge in [0.2, 0.25) is 5.89 Å². The average molecular weight is 366 g/mol. The Labute approximate surface area is 153 Å². The van der Waals surface area contributed by atoms with Gasteiger partial charge in [-0.15, -0.1) is 10.2 Å². The summed E-state index contributed by atoms with van der Waals surface area (Å²) >= 11 is 0. The lowest BCUT2D eigenvalue weighted by Gasteiger charge is -2.10. The number of rotatable bonds is 5. The Morgan fingerprint density at radius 3 is 2.78 bits per heavy atom. The van der Waals surface area contributed by atoms with Crippen molar-refractivity contribution in [2.75, 3.05) is 0 Å². The molecule has 1 aromatic carbocycles. The normalized spacial score (nSPS) is 15.2. The molecule has 1 atom stereocenters. The molecule has 0 radical (unpaired) electrons. The first-order valence-corrected chi connectivity index (χ1v) is 8.68. The van der Waals surface area contributed by atoms with Crippen LogP contribution in [0.2, 0.25) is 0 Å². The van der Waals surface area contributed by atoms with Crippen LogP contribution in [0.25, 0.3) is 22.6 Å². The van der Waals surface area contributed by atoms with Crippen molar-refractivity contribution in [3.63, 3.8) is 0 Å². The fourth-order valence-corrected chi connectivity index (χ4v) is 2.90. The van der Waals surface area contributed by atoms with Crippen molar-refractivity contribution >= 4 is 11.1 Å². The van der Waals surface area contributed by atoms with Gasteiger partial charge in [-0.2, -0.15) is 0 Å². The molecule has 5 rings (SSSR count). The van der Waals surface area contributed by atoms with Crippen LogP contribution >= 0.6 is 0 Å². The van der Waals surface area contributed by atoms with E-state index in [1.807, 2.05) is 6.07 Å². The standard InChI is InChI=1S/C19H15FN4O3/c1-10(25-14-6-4-13(20)5-7-14)17-22-23-18(26-17)12-8-15-16(11-2-3-11)24-27-19(15)21-9-12/h4-11H,2-3H2,1H3. The summed E-state index contributed by atoms with van der Waals surface area (Å²) in [6, 6.07) is 7.67. The number of nitrogens with zero attached hydrogens (tertiary/aromatic N) is 4. The first kappa shape index (κ1) is 15.9. The Kier molecular flexibility index (Phi) is 3.63. The third-order valence-corrected chi connectivity index (χ3v) is 4.48. The average Bonchev–Trinajstić information content (AvgIpc) is 3.24. The molecule has 3 heterocycles. The van der Waals surface area contributed by atoms with Gasteiger partial charge in [0.05, 0.1) is 16.6 Å². The molecule has 1 aliphatic rings. The minimum atomic E-state index is -0.481. The lowest BCUT2D eigenvalue weighted by Crippen LogP contribution is -2.03. The van der Waals surface area contributed by atoms with Crippen molar-refractivity contribution in [1.82, 2.24) is 20.3 Å². The Hall–Kier alpha value is -3.29. The molecule has 0 aliphatic heterocycles. The second-order valence-electron chi connectivity index (χ2n) is 6.58. The molecule has 0 saturated heterocycles. The van der Waals surface area contributed by atoms with Gasteiger partial charge in [0.1, 0.15) is 11.6 Å². The van der Waals surface area contributed by atoms with Crippen LogP contribution < -0.4 is 4.74 Å². The van der Waals surface area contributed by atoms with Crippen LogP contribution in [0, 0.1) is 5.82 Å². The largest absolute Gasteiger partial charge is 0.481 e. The van der Waals surface area contributed by atoms with E-state index < -0.39 is 6.10 Å². The topological polar surface area (TPSA) is 87.1 Å². The van der Waals surface area contributed by atoms with E-state index in [4.69, 9.17) is 13.7 Å². The van der Waals surface area contributed by atoms with Crippen LogP contribution in [0.1, 0.15) is 43.4 Å². The molecule has 1 fully saturated rings. The maximum Gasteiger partial charge on any atom is 0.257 e. The summed E-state index contributed by atoms with van der Waals surface area (Å²) in [6.07, 6.45) is 3.38. The van der Waals surface area contributed by atoms with Gasteiger partial charge in [-0.05, 0) is 50.1 Å². The Morgan fingerprint density at radius 2 is 2.00 bits per heavy atom.